The summed E-state index contributed by atoms with van der Waals surface area (Å²) in [4.78, 5) is 11.4. The first-order valence-corrected chi connectivity index (χ1v) is 8.47. The Morgan fingerprint density at radius 2 is 1.71 bits per heavy atom. The zero-order valence-electron chi connectivity index (χ0n) is 12.5. The molecule has 122 valence electrons. The average Bonchev–Trinajstić information content (AvgIpc) is 3.06. The van der Waals surface area contributed by atoms with Crippen LogP contribution in [0.3, 0.4) is 0 Å². The molecule has 0 aliphatic heterocycles. The van der Waals surface area contributed by atoms with Crippen molar-refractivity contribution in [3.05, 3.63) is 72.6 Å². The standard InChI is InChI=1S/C16H14N4O3S/c17-16(21)14-8-4-5-9-15(14)19-24(22,23)13-10-18-20(11-13)12-6-2-1-3-7-12/h1-11,19H,(H2,17,21). The molecule has 0 saturated carbocycles. The third-order valence-electron chi connectivity index (χ3n) is 3.33. The number of carbonyl (C=O) groups is 1. The van der Waals surface area contributed by atoms with Crippen LogP contribution in [-0.4, -0.2) is 24.1 Å². The molecule has 3 aromatic rings. The van der Waals surface area contributed by atoms with E-state index >= 15 is 0 Å². The average molecular weight is 342 g/mol. The lowest BCUT2D eigenvalue weighted by Gasteiger charge is -2.09. The first kappa shape index (κ1) is 15.8. The Balaban J connectivity index is 1.93. The minimum Gasteiger partial charge on any atom is -0.366 e. The summed E-state index contributed by atoms with van der Waals surface area (Å²) in [6, 6.07) is 15.3. The number of nitrogens with two attached hydrogens (primary N) is 1. The molecule has 7 nitrogen and oxygen atoms in total. The molecule has 1 heterocycles. The molecule has 3 rings (SSSR count). The molecule has 3 N–H and O–H groups in total. The van der Waals surface area contributed by atoms with E-state index in [0.29, 0.717) is 0 Å². The number of nitrogens with zero attached hydrogens (tertiary/aromatic N) is 2. The first-order chi connectivity index (χ1) is 11.5. The normalized spacial score (nSPS) is 11.2. The van der Waals surface area contributed by atoms with E-state index in [1.807, 2.05) is 18.2 Å². The van der Waals surface area contributed by atoms with Gasteiger partial charge in [0.15, 0.2) is 0 Å². The maximum Gasteiger partial charge on any atom is 0.265 e. The number of para-hydroxylation sites is 2. The minimum atomic E-state index is -3.90. The Morgan fingerprint density at radius 1 is 1.04 bits per heavy atom. The monoisotopic (exact) mass is 342 g/mol. The first-order valence-electron chi connectivity index (χ1n) is 6.99. The van der Waals surface area contributed by atoms with Gasteiger partial charge in [0.2, 0.25) is 0 Å². The van der Waals surface area contributed by atoms with Crippen LogP contribution in [0.2, 0.25) is 0 Å². The molecule has 0 saturated heterocycles. The zero-order valence-corrected chi connectivity index (χ0v) is 13.3. The lowest BCUT2D eigenvalue weighted by atomic mass is 10.2. The van der Waals surface area contributed by atoms with Gasteiger partial charge in [-0.1, -0.05) is 30.3 Å². The van der Waals surface area contributed by atoms with Crippen LogP contribution < -0.4 is 10.5 Å². The van der Waals surface area contributed by atoms with Gasteiger partial charge in [-0.05, 0) is 24.3 Å². The quantitative estimate of drug-likeness (QED) is 0.737. The number of hydrogen-bond donors (Lipinski definition) is 2. The van der Waals surface area contributed by atoms with Gasteiger partial charge >= 0.3 is 0 Å². The Kier molecular flexibility index (Phi) is 4.05. The van der Waals surface area contributed by atoms with Gasteiger partial charge in [0.1, 0.15) is 4.90 Å². The molecule has 0 aliphatic rings. The Labute approximate surface area is 138 Å². The van der Waals surface area contributed by atoms with Gasteiger partial charge in [0, 0.05) is 0 Å². The van der Waals surface area contributed by atoms with Crippen LogP contribution in [0.15, 0.2) is 71.9 Å². The SMILES string of the molecule is NC(=O)c1ccccc1NS(=O)(=O)c1cnn(-c2ccccc2)c1. The summed E-state index contributed by atoms with van der Waals surface area (Å²) < 4.78 is 28.8. The van der Waals surface area contributed by atoms with Crippen LogP contribution in [-0.2, 0) is 10.0 Å². The predicted octanol–water partition coefficient (Wildman–Crippen LogP) is 1.77. The van der Waals surface area contributed by atoms with E-state index in [0.717, 1.165) is 5.69 Å². The Hall–Kier alpha value is -3.13. The van der Waals surface area contributed by atoms with Crippen molar-refractivity contribution < 1.29 is 13.2 Å². The van der Waals surface area contributed by atoms with Gasteiger partial charge in [0.25, 0.3) is 15.9 Å². The number of carbonyl (C=O) groups excluding carboxylic acids is 1. The molecule has 1 amide bonds. The van der Waals surface area contributed by atoms with Crippen LogP contribution in [0.4, 0.5) is 5.69 Å². The molecule has 0 atom stereocenters. The third-order valence-corrected chi connectivity index (χ3v) is 4.65. The summed E-state index contributed by atoms with van der Waals surface area (Å²) in [7, 11) is -3.90. The molecule has 1 aromatic heterocycles. The number of aromatic nitrogens is 2. The van der Waals surface area contributed by atoms with E-state index in [2.05, 4.69) is 9.82 Å². The lowest BCUT2D eigenvalue weighted by molar-refractivity contribution is 0.100. The van der Waals surface area contributed by atoms with Gasteiger partial charge in [-0.25, -0.2) is 13.1 Å². The molecule has 0 bridgehead atoms. The highest BCUT2D eigenvalue weighted by molar-refractivity contribution is 7.92. The van der Waals surface area contributed by atoms with Crippen molar-refractivity contribution in [1.29, 1.82) is 0 Å². The van der Waals surface area contributed by atoms with E-state index in [-0.39, 0.29) is 16.1 Å². The molecular formula is C16H14N4O3S. The van der Waals surface area contributed by atoms with Crippen LogP contribution in [0.5, 0.6) is 0 Å². The van der Waals surface area contributed by atoms with Crippen molar-refractivity contribution in [3.63, 3.8) is 0 Å². The number of rotatable bonds is 5. The highest BCUT2D eigenvalue weighted by Crippen LogP contribution is 2.20. The predicted molar refractivity (Wildman–Crippen MR) is 89.3 cm³/mol. The summed E-state index contributed by atoms with van der Waals surface area (Å²) in [5.41, 5.74) is 6.21. The van der Waals surface area contributed by atoms with Crippen molar-refractivity contribution >= 4 is 21.6 Å². The largest absolute Gasteiger partial charge is 0.366 e. The fourth-order valence-corrected chi connectivity index (χ4v) is 3.17. The Bertz CT molecular complexity index is 981. The van der Waals surface area contributed by atoms with E-state index in [9.17, 15) is 13.2 Å². The van der Waals surface area contributed by atoms with Crippen LogP contribution >= 0.6 is 0 Å². The van der Waals surface area contributed by atoms with Crippen LogP contribution in [0.25, 0.3) is 5.69 Å². The van der Waals surface area contributed by atoms with Gasteiger partial charge in [-0.15, -0.1) is 0 Å². The molecule has 2 aromatic carbocycles. The van der Waals surface area contributed by atoms with Gasteiger partial charge < -0.3 is 5.73 Å². The maximum atomic E-state index is 12.5. The summed E-state index contributed by atoms with van der Waals surface area (Å²) >= 11 is 0. The number of nitrogens with one attached hydrogen (secondary N) is 1. The summed E-state index contributed by atoms with van der Waals surface area (Å²) in [5, 5.41) is 4.06. The molecule has 24 heavy (non-hydrogen) atoms. The highest BCUT2D eigenvalue weighted by atomic mass is 32.2. The Morgan fingerprint density at radius 3 is 2.42 bits per heavy atom. The second-order valence-electron chi connectivity index (χ2n) is 4.97. The molecular weight excluding hydrogens is 328 g/mol. The van der Waals surface area contributed by atoms with Gasteiger partial charge in [0.05, 0.1) is 29.3 Å². The molecule has 0 aliphatic carbocycles. The van der Waals surface area contributed by atoms with E-state index in [1.165, 1.54) is 29.2 Å². The van der Waals surface area contributed by atoms with Crippen molar-refractivity contribution in [1.82, 2.24) is 9.78 Å². The fraction of sp³-hybridized carbons (Fsp3) is 0. The highest BCUT2D eigenvalue weighted by Gasteiger charge is 2.19. The van der Waals surface area contributed by atoms with E-state index in [1.54, 1.807) is 24.3 Å². The molecule has 0 fully saturated rings. The topological polar surface area (TPSA) is 107 Å². The number of sulfonamides is 1. The second-order valence-corrected chi connectivity index (χ2v) is 6.65. The van der Waals surface area contributed by atoms with Gasteiger partial charge in [-0.3, -0.25) is 9.52 Å². The number of hydrogen-bond acceptors (Lipinski definition) is 4. The number of anilines is 1. The summed E-state index contributed by atoms with van der Waals surface area (Å²) in [6.07, 6.45) is 2.63. The number of benzene rings is 2. The number of amides is 1. The van der Waals surface area contributed by atoms with Crippen molar-refractivity contribution in [2.24, 2.45) is 5.73 Å². The lowest BCUT2D eigenvalue weighted by Crippen LogP contribution is -2.18. The molecule has 8 heteroatoms. The van der Waals surface area contributed by atoms with E-state index in [4.69, 9.17) is 5.73 Å². The van der Waals surface area contributed by atoms with Crippen molar-refractivity contribution in [2.45, 2.75) is 4.90 Å². The number of primary amides is 1. The maximum absolute atomic E-state index is 12.5. The second kappa shape index (κ2) is 6.17. The van der Waals surface area contributed by atoms with Gasteiger partial charge in [-0.2, -0.15) is 5.10 Å². The molecule has 0 spiro atoms. The summed E-state index contributed by atoms with van der Waals surface area (Å²) in [6.45, 7) is 0. The van der Waals surface area contributed by atoms with Crippen molar-refractivity contribution in [2.75, 3.05) is 4.72 Å². The fourth-order valence-electron chi connectivity index (χ4n) is 2.16. The van der Waals surface area contributed by atoms with Crippen LogP contribution in [0, 0.1) is 0 Å². The summed E-state index contributed by atoms with van der Waals surface area (Å²) in [5.74, 6) is -0.715. The zero-order chi connectivity index (χ0) is 17.2. The van der Waals surface area contributed by atoms with Crippen molar-refractivity contribution in [3.8, 4) is 5.69 Å². The van der Waals surface area contributed by atoms with Crippen LogP contribution in [0.1, 0.15) is 10.4 Å². The molecule has 0 radical (unpaired) electrons. The minimum absolute atomic E-state index is 0.0226. The van der Waals surface area contributed by atoms with E-state index < -0.39 is 15.9 Å². The third kappa shape index (κ3) is 3.13. The smallest absolute Gasteiger partial charge is 0.265 e. The molecule has 0 unspecified atom stereocenters.